The zero-order valence-corrected chi connectivity index (χ0v) is 17.7. The summed E-state index contributed by atoms with van der Waals surface area (Å²) in [4.78, 5) is 26.7. The first-order valence-corrected chi connectivity index (χ1v) is 10.7. The van der Waals surface area contributed by atoms with Gasteiger partial charge in [0.1, 0.15) is 5.75 Å². The Morgan fingerprint density at radius 2 is 1.91 bits per heavy atom. The van der Waals surface area contributed by atoms with E-state index in [9.17, 15) is 22.8 Å². The summed E-state index contributed by atoms with van der Waals surface area (Å²) in [6.45, 7) is 1.13. The van der Waals surface area contributed by atoms with Crippen molar-refractivity contribution in [3.05, 3.63) is 64.7 Å². The average Bonchev–Trinajstić information content (AvgIpc) is 3.23. The van der Waals surface area contributed by atoms with Crippen LogP contribution in [0.1, 0.15) is 41.1 Å². The van der Waals surface area contributed by atoms with Crippen LogP contribution in [-0.4, -0.2) is 36.9 Å². The van der Waals surface area contributed by atoms with E-state index in [4.69, 9.17) is 4.74 Å². The van der Waals surface area contributed by atoms with Gasteiger partial charge < -0.3 is 15.0 Å². The highest BCUT2D eigenvalue weighted by Gasteiger charge is 2.39. The van der Waals surface area contributed by atoms with Gasteiger partial charge in [-0.25, -0.2) is 0 Å². The van der Waals surface area contributed by atoms with Crippen LogP contribution in [-0.2, 0) is 28.6 Å². The Balaban J connectivity index is 1.44. The smallest absolute Gasteiger partial charge is 0.416 e. The third-order valence-corrected chi connectivity index (χ3v) is 6.24. The molecule has 0 aromatic heterocycles. The third-order valence-electron chi connectivity index (χ3n) is 6.24. The highest BCUT2D eigenvalue weighted by Crippen LogP contribution is 2.37. The molecule has 0 radical (unpaired) electrons. The molecule has 2 aromatic carbocycles. The molecule has 1 saturated heterocycles. The molecular weight excluding hydrogens is 421 g/mol. The number of ether oxygens (including phenoxy) is 1. The minimum atomic E-state index is -4.44. The van der Waals surface area contributed by atoms with Gasteiger partial charge in [-0.15, -0.1) is 0 Å². The number of hydrogen-bond donors (Lipinski definition) is 1. The monoisotopic (exact) mass is 446 g/mol. The second kappa shape index (κ2) is 8.84. The lowest BCUT2D eigenvalue weighted by molar-refractivity contribution is -0.142. The van der Waals surface area contributed by atoms with E-state index in [-0.39, 0.29) is 18.2 Å². The summed E-state index contributed by atoms with van der Waals surface area (Å²) in [7, 11) is 1.59. The molecule has 170 valence electrons. The van der Waals surface area contributed by atoms with Crippen molar-refractivity contribution >= 4 is 11.8 Å². The highest BCUT2D eigenvalue weighted by molar-refractivity contribution is 5.84. The summed E-state index contributed by atoms with van der Waals surface area (Å²) in [6.07, 6.45) is -2.31. The van der Waals surface area contributed by atoms with Crippen molar-refractivity contribution < 1.29 is 27.5 Å². The van der Waals surface area contributed by atoms with Crippen molar-refractivity contribution in [2.24, 2.45) is 5.92 Å². The summed E-state index contributed by atoms with van der Waals surface area (Å²) in [5.74, 6) is 0.0629. The van der Waals surface area contributed by atoms with Gasteiger partial charge in [-0.3, -0.25) is 9.59 Å². The van der Waals surface area contributed by atoms with Crippen molar-refractivity contribution in [3.63, 3.8) is 0 Å². The number of nitrogens with one attached hydrogen (secondary N) is 1. The van der Waals surface area contributed by atoms with Crippen LogP contribution in [0, 0.1) is 5.92 Å². The minimum Gasteiger partial charge on any atom is -0.493 e. The first kappa shape index (κ1) is 22.2. The van der Waals surface area contributed by atoms with E-state index < -0.39 is 23.7 Å². The Labute approximate surface area is 184 Å². The summed E-state index contributed by atoms with van der Waals surface area (Å²) in [6, 6.07) is 10.1. The number of fused-ring (bicyclic) bond motifs is 1. The number of halogens is 3. The van der Waals surface area contributed by atoms with Crippen LogP contribution in [0.3, 0.4) is 0 Å². The number of benzene rings is 2. The van der Waals surface area contributed by atoms with Gasteiger partial charge in [-0.1, -0.05) is 24.3 Å². The van der Waals surface area contributed by atoms with Crippen LogP contribution < -0.4 is 10.1 Å². The summed E-state index contributed by atoms with van der Waals surface area (Å²) < 4.78 is 44.3. The molecule has 2 amide bonds. The van der Waals surface area contributed by atoms with Gasteiger partial charge in [0.05, 0.1) is 24.1 Å². The maximum Gasteiger partial charge on any atom is 0.416 e. The first-order valence-electron chi connectivity index (χ1n) is 10.7. The van der Waals surface area contributed by atoms with E-state index in [1.54, 1.807) is 7.05 Å². The van der Waals surface area contributed by atoms with Gasteiger partial charge in [-0.2, -0.15) is 13.2 Å². The number of piperidine rings is 1. The van der Waals surface area contributed by atoms with Crippen LogP contribution in [0.5, 0.6) is 5.75 Å². The van der Waals surface area contributed by atoms with E-state index in [0.717, 1.165) is 29.9 Å². The van der Waals surface area contributed by atoms with Crippen molar-refractivity contribution in [2.45, 2.75) is 37.9 Å². The predicted molar refractivity (Wildman–Crippen MR) is 112 cm³/mol. The van der Waals surface area contributed by atoms with E-state index in [0.29, 0.717) is 31.6 Å². The highest BCUT2D eigenvalue weighted by atomic mass is 19.4. The molecule has 2 heterocycles. The molecule has 0 aliphatic carbocycles. The molecule has 5 nitrogen and oxygen atoms in total. The molecule has 1 fully saturated rings. The Morgan fingerprint density at radius 1 is 1.16 bits per heavy atom. The lowest BCUT2D eigenvalue weighted by Crippen LogP contribution is -2.46. The second-order valence-electron chi connectivity index (χ2n) is 8.30. The van der Waals surface area contributed by atoms with Gasteiger partial charge in [-0.05, 0) is 47.7 Å². The standard InChI is InChI=1S/C24H25F3N2O3/c1-29-21(30)9-7-19(22(29)16-3-5-18(6-4-16)24(25,26)27)23(31)28-12-10-15-2-8-20-17(14-15)11-13-32-20/h2-6,8,14,19,22H,7,9-13H2,1H3,(H,28,31). The number of alkyl halides is 3. The topological polar surface area (TPSA) is 58.6 Å². The SMILES string of the molecule is CN1C(=O)CCC(C(=O)NCCc2ccc3c(c2)CCO3)C1c1ccc(C(F)(F)F)cc1. The minimum absolute atomic E-state index is 0.126. The maximum absolute atomic E-state index is 13.0. The molecule has 8 heteroatoms. The third kappa shape index (κ3) is 4.59. The fraction of sp³-hybridized carbons (Fsp3) is 0.417. The first-order chi connectivity index (χ1) is 15.2. The lowest BCUT2D eigenvalue weighted by atomic mass is 9.83. The molecule has 2 unspecified atom stereocenters. The Kier molecular flexibility index (Phi) is 6.13. The second-order valence-corrected chi connectivity index (χ2v) is 8.30. The van der Waals surface area contributed by atoms with Gasteiger partial charge in [0, 0.05) is 26.4 Å². The molecular formula is C24H25F3N2O3. The fourth-order valence-electron chi connectivity index (χ4n) is 4.49. The quantitative estimate of drug-likeness (QED) is 0.758. The average molecular weight is 446 g/mol. The van der Waals surface area contributed by atoms with E-state index in [1.165, 1.54) is 22.6 Å². The Hall–Kier alpha value is -3.03. The molecule has 2 aliphatic rings. The molecule has 4 rings (SSSR count). The molecule has 32 heavy (non-hydrogen) atoms. The van der Waals surface area contributed by atoms with Crippen LogP contribution in [0.2, 0.25) is 0 Å². The number of carbonyl (C=O) groups excluding carboxylic acids is 2. The summed E-state index contributed by atoms with van der Waals surface area (Å²) in [5, 5.41) is 2.95. The zero-order chi connectivity index (χ0) is 22.9. The number of hydrogen-bond acceptors (Lipinski definition) is 3. The lowest BCUT2D eigenvalue weighted by Gasteiger charge is -2.38. The Morgan fingerprint density at radius 3 is 2.62 bits per heavy atom. The van der Waals surface area contributed by atoms with Crippen molar-refractivity contribution in [3.8, 4) is 5.75 Å². The number of likely N-dealkylation sites (tertiary alicyclic amines) is 1. The molecule has 2 aliphatic heterocycles. The molecule has 0 saturated carbocycles. The normalized spacial score (nSPS) is 20.6. The van der Waals surface area contributed by atoms with E-state index in [1.807, 2.05) is 12.1 Å². The number of nitrogens with zero attached hydrogens (tertiary/aromatic N) is 1. The maximum atomic E-state index is 13.0. The number of amides is 2. The van der Waals surface area contributed by atoms with Crippen LogP contribution in [0.25, 0.3) is 0 Å². The fourth-order valence-corrected chi connectivity index (χ4v) is 4.49. The zero-order valence-electron chi connectivity index (χ0n) is 17.7. The molecule has 0 spiro atoms. The van der Waals surface area contributed by atoms with Crippen molar-refractivity contribution in [2.75, 3.05) is 20.2 Å². The van der Waals surface area contributed by atoms with Crippen molar-refractivity contribution in [1.29, 1.82) is 0 Å². The molecule has 2 aromatic rings. The predicted octanol–water partition coefficient (Wildman–Crippen LogP) is 3.91. The van der Waals surface area contributed by atoms with E-state index >= 15 is 0 Å². The molecule has 2 atom stereocenters. The van der Waals surface area contributed by atoms with Crippen LogP contribution in [0.15, 0.2) is 42.5 Å². The van der Waals surface area contributed by atoms with Gasteiger partial charge in [0.25, 0.3) is 0 Å². The number of rotatable bonds is 5. The van der Waals surface area contributed by atoms with Crippen LogP contribution in [0.4, 0.5) is 13.2 Å². The van der Waals surface area contributed by atoms with Gasteiger partial charge in [0.15, 0.2) is 0 Å². The van der Waals surface area contributed by atoms with E-state index in [2.05, 4.69) is 11.4 Å². The summed E-state index contributed by atoms with van der Waals surface area (Å²) >= 11 is 0. The number of carbonyl (C=O) groups is 2. The largest absolute Gasteiger partial charge is 0.493 e. The van der Waals surface area contributed by atoms with Crippen molar-refractivity contribution in [1.82, 2.24) is 10.2 Å². The van der Waals surface area contributed by atoms with Crippen LogP contribution >= 0.6 is 0 Å². The Bertz CT molecular complexity index is 1000. The summed E-state index contributed by atoms with van der Waals surface area (Å²) in [5.41, 5.74) is 2.03. The molecule has 1 N–H and O–H groups in total. The van der Waals surface area contributed by atoms with Gasteiger partial charge >= 0.3 is 6.18 Å². The molecule has 0 bridgehead atoms. The van der Waals surface area contributed by atoms with Gasteiger partial charge in [0.2, 0.25) is 11.8 Å².